The molecule has 106 valence electrons. The van der Waals surface area contributed by atoms with Gasteiger partial charge in [-0.3, -0.25) is 4.79 Å². The lowest BCUT2D eigenvalue weighted by molar-refractivity contribution is 0.0867. The summed E-state index contributed by atoms with van der Waals surface area (Å²) in [5.41, 5.74) is 3.95. The molecule has 2 N–H and O–H groups in total. The monoisotopic (exact) mass is 265 g/mol. The number of aliphatic hydroxyl groups excluding tert-OH is 1. The van der Waals surface area contributed by atoms with Gasteiger partial charge in [0.25, 0.3) is 5.91 Å². The van der Waals surface area contributed by atoms with Crippen LogP contribution in [-0.4, -0.2) is 37.4 Å². The average molecular weight is 265 g/mol. The molecule has 0 saturated carbocycles. The quantitative estimate of drug-likeness (QED) is 0.738. The minimum Gasteiger partial charge on any atom is -0.394 e. The zero-order chi connectivity index (χ0) is 14.3. The first-order chi connectivity index (χ1) is 9.06. The molecule has 4 heteroatoms. The smallest absolute Gasteiger partial charge is 0.251 e. The van der Waals surface area contributed by atoms with Gasteiger partial charge in [-0.25, -0.2) is 0 Å². The summed E-state index contributed by atoms with van der Waals surface area (Å²) in [4.78, 5) is 12.1. The van der Waals surface area contributed by atoms with Crippen molar-refractivity contribution in [3.8, 4) is 0 Å². The van der Waals surface area contributed by atoms with Crippen LogP contribution in [0.5, 0.6) is 0 Å². The third-order valence-corrected chi connectivity index (χ3v) is 2.89. The van der Waals surface area contributed by atoms with Gasteiger partial charge in [-0.2, -0.15) is 0 Å². The number of carbonyl (C=O) groups is 1. The standard InChI is InChI=1S/C15H23NO3/c1-11-9-12(2)14(13(3)10-11)15(18)16-5-4-7-19-8-6-17/h9-10,17H,4-8H2,1-3H3,(H,16,18). The zero-order valence-electron chi connectivity index (χ0n) is 12.0. The summed E-state index contributed by atoms with van der Waals surface area (Å²) in [5, 5.41) is 11.4. The SMILES string of the molecule is Cc1cc(C)c(C(=O)NCCCOCCO)c(C)c1. The number of hydrogen-bond donors (Lipinski definition) is 2. The molecule has 0 fully saturated rings. The van der Waals surface area contributed by atoms with Gasteiger partial charge in [0.15, 0.2) is 0 Å². The van der Waals surface area contributed by atoms with Crippen LogP contribution in [0.15, 0.2) is 12.1 Å². The topological polar surface area (TPSA) is 58.6 Å². The lowest BCUT2D eigenvalue weighted by Gasteiger charge is -2.11. The van der Waals surface area contributed by atoms with Crippen molar-refractivity contribution >= 4 is 5.91 Å². The van der Waals surface area contributed by atoms with Crippen LogP contribution in [-0.2, 0) is 4.74 Å². The van der Waals surface area contributed by atoms with Gasteiger partial charge in [-0.05, 0) is 38.3 Å². The summed E-state index contributed by atoms with van der Waals surface area (Å²) < 4.78 is 5.13. The van der Waals surface area contributed by atoms with E-state index in [2.05, 4.69) is 5.32 Å². The van der Waals surface area contributed by atoms with E-state index in [-0.39, 0.29) is 12.5 Å². The number of aliphatic hydroxyl groups is 1. The second kappa shape index (κ2) is 7.92. The van der Waals surface area contributed by atoms with Crippen molar-refractivity contribution in [1.82, 2.24) is 5.32 Å². The molecule has 1 aromatic carbocycles. The fourth-order valence-corrected chi connectivity index (χ4v) is 2.17. The molecular weight excluding hydrogens is 242 g/mol. The van der Waals surface area contributed by atoms with Crippen LogP contribution >= 0.6 is 0 Å². The zero-order valence-corrected chi connectivity index (χ0v) is 12.0. The van der Waals surface area contributed by atoms with E-state index < -0.39 is 0 Å². The molecule has 0 aliphatic carbocycles. The first-order valence-corrected chi connectivity index (χ1v) is 6.61. The summed E-state index contributed by atoms with van der Waals surface area (Å²) in [6.07, 6.45) is 0.746. The molecule has 1 aromatic rings. The minimum absolute atomic E-state index is 0.0304. The van der Waals surface area contributed by atoms with E-state index in [1.54, 1.807) is 0 Å². The fourth-order valence-electron chi connectivity index (χ4n) is 2.17. The van der Waals surface area contributed by atoms with Gasteiger partial charge in [0.05, 0.1) is 13.2 Å². The molecular formula is C15H23NO3. The van der Waals surface area contributed by atoms with E-state index in [9.17, 15) is 4.79 Å². The van der Waals surface area contributed by atoms with Crippen LogP contribution in [0.3, 0.4) is 0 Å². The Bertz CT molecular complexity index is 406. The molecule has 19 heavy (non-hydrogen) atoms. The van der Waals surface area contributed by atoms with Crippen molar-refractivity contribution in [3.05, 3.63) is 34.4 Å². The second-order valence-electron chi connectivity index (χ2n) is 4.72. The largest absolute Gasteiger partial charge is 0.394 e. The first-order valence-electron chi connectivity index (χ1n) is 6.61. The molecule has 1 amide bonds. The van der Waals surface area contributed by atoms with E-state index in [1.165, 1.54) is 5.56 Å². The van der Waals surface area contributed by atoms with Gasteiger partial charge in [-0.1, -0.05) is 17.7 Å². The number of benzene rings is 1. The predicted molar refractivity (Wildman–Crippen MR) is 75.5 cm³/mol. The summed E-state index contributed by atoms with van der Waals surface area (Å²) >= 11 is 0. The lowest BCUT2D eigenvalue weighted by Crippen LogP contribution is -2.27. The van der Waals surface area contributed by atoms with E-state index in [0.29, 0.717) is 19.8 Å². The Morgan fingerprint density at radius 1 is 1.21 bits per heavy atom. The van der Waals surface area contributed by atoms with Crippen LogP contribution in [0.2, 0.25) is 0 Å². The first kappa shape index (κ1) is 15.7. The maximum absolute atomic E-state index is 12.1. The molecule has 0 saturated heterocycles. The number of carbonyl (C=O) groups excluding carboxylic acids is 1. The number of rotatable bonds is 7. The number of aryl methyl sites for hydroxylation is 3. The Morgan fingerprint density at radius 3 is 2.42 bits per heavy atom. The molecule has 0 radical (unpaired) electrons. The van der Waals surface area contributed by atoms with Gasteiger partial charge in [0.2, 0.25) is 0 Å². The van der Waals surface area contributed by atoms with Gasteiger partial charge in [0.1, 0.15) is 0 Å². The fraction of sp³-hybridized carbons (Fsp3) is 0.533. The van der Waals surface area contributed by atoms with E-state index in [4.69, 9.17) is 9.84 Å². The van der Waals surface area contributed by atoms with Crippen LogP contribution in [0.4, 0.5) is 0 Å². The maximum atomic E-state index is 12.1. The summed E-state index contributed by atoms with van der Waals surface area (Å²) in [6.45, 7) is 7.46. The molecule has 0 bridgehead atoms. The molecule has 0 heterocycles. The Morgan fingerprint density at radius 2 is 1.84 bits per heavy atom. The Balaban J connectivity index is 2.46. The van der Waals surface area contributed by atoms with Crippen LogP contribution < -0.4 is 5.32 Å². The van der Waals surface area contributed by atoms with Crippen molar-refractivity contribution in [2.45, 2.75) is 27.2 Å². The van der Waals surface area contributed by atoms with Gasteiger partial charge < -0.3 is 15.2 Å². The molecule has 0 unspecified atom stereocenters. The molecule has 0 spiro atoms. The highest BCUT2D eigenvalue weighted by Crippen LogP contribution is 2.16. The van der Waals surface area contributed by atoms with Crippen molar-refractivity contribution in [1.29, 1.82) is 0 Å². The highest BCUT2D eigenvalue weighted by Gasteiger charge is 2.11. The number of nitrogens with one attached hydrogen (secondary N) is 1. The minimum atomic E-state index is -0.0304. The van der Waals surface area contributed by atoms with Gasteiger partial charge >= 0.3 is 0 Å². The average Bonchev–Trinajstić information content (AvgIpc) is 2.32. The number of ether oxygens (including phenoxy) is 1. The van der Waals surface area contributed by atoms with Crippen LogP contribution in [0.1, 0.15) is 33.5 Å². The molecule has 4 nitrogen and oxygen atoms in total. The highest BCUT2D eigenvalue weighted by molar-refractivity contribution is 5.97. The van der Waals surface area contributed by atoms with Crippen molar-refractivity contribution in [3.63, 3.8) is 0 Å². The number of amides is 1. The molecule has 1 rings (SSSR count). The number of hydrogen-bond acceptors (Lipinski definition) is 3. The molecule has 0 atom stereocenters. The van der Waals surface area contributed by atoms with E-state index in [0.717, 1.165) is 23.1 Å². The molecule has 0 aliphatic heterocycles. The Labute approximate surface area is 114 Å². The van der Waals surface area contributed by atoms with Gasteiger partial charge in [-0.15, -0.1) is 0 Å². The van der Waals surface area contributed by atoms with Crippen molar-refractivity contribution in [2.24, 2.45) is 0 Å². The maximum Gasteiger partial charge on any atom is 0.251 e. The summed E-state index contributed by atoms with van der Waals surface area (Å²) in [5.74, 6) is -0.0304. The molecule has 0 aliphatic rings. The van der Waals surface area contributed by atoms with Crippen molar-refractivity contribution < 1.29 is 14.6 Å². The van der Waals surface area contributed by atoms with Crippen molar-refractivity contribution in [2.75, 3.05) is 26.4 Å². The predicted octanol–water partition coefficient (Wildman–Crippen LogP) is 1.74. The van der Waals surface area contributed by atoms with Gasteiger partial charge in [0, 0.05) is 18.7 Å². The molecule has 0 aromatic heterocycles. The Hall–Kier alpha value is -1.39. The highest BCUT2D eigenvalue weighted by atomic mass is 16.5. The summed E-state index contributed by atoms with van der Waals surface area (Å²) in [7, 11) is 0. The normalized spacial score (nSPS) is 10.5. The lowest BCUT2D eigenvalue weighted by atomic mass is 9.99. The van der Waals surface area contributed by atoms with E-state index in [1.807, 2.05) is 32.9 Å². The third-order valence-electron chi connectivity index (χ3n) is 2.89. The summed E-state index contributed by atoms with van der Waals surface area (Å²) in [6, 6.07) is 4.04. The second-order valence-corrected chi connectivity index (χ2v) is 4.72. The Kier molecular flexibility index (Phi) is 6.53. The van der Waals surface area contributed by atoms with Crippen LogP contribution in [0.25, 0.3) is 0 Å². The van der Waals surface area contributed by atoms with Crippen LogP contribution in [0, 0.1) is 20.8 Å². The van der Waals surface area contributed by atoms with E-state index >= 15 is 0 Å². The third kappa shape index (κ3) is 5.01.